The summed E-state index contributed by atoms with van der Waals surface area (Å²) in [6, 6.07) is 7.75. The highest BCUT2D eigenvalue weighted by Crippen LogP contribution is 2.42. The number of nitrogen functional groups attached to an aromatic ring is 1. The van der Waals surface area contributed by atoms with Crippen molar-refractivity contribution in [3.8, 4) is 22.5 Å². The summed E-state index contributed by atoms with van der Waals surface area (Å²) in [5.41, 5.74) is 6.43. The highest BCUT2D eigenvalue weighted by Gasteiger charge is 2.41. The Morgan fingerprint density at radius 3 is 2.56 bits per heavy atom. The monoisotopic (exact) mass is 533 g/mol. The van der Waals surface area contributed by atoms with Gasteiger partial charge in [0, 0.05) is 17.5 Å². The van der Waals surface area contributed by atoms with E-state index in [1.54, 1.807) is 18.2 Å². The molecule has 0 saturated carbocycles. The number of H-pyrrole nitrogens is 2. The number of rotatable bonds is 7. The van der Waals surface area contributed by atoms with Crippen LogP contribution in [0.15, 0.2) is 40.1 Å². The molecule has 5 rings (SSSR count). The number of sulfone groups is 1. The van der Waals surface area contributed by atoms with Gasteiger partial charge in [0.15, 0.2) is 15.8 Å². The molecule has 14 nitrogen and oxygen atoms in total. The van der Waals surface area contributed by atoms with Crippen molar-refractivity contribution in [2.24, 2.45) is 10.6 Å². The predicted molar refractivity (Wildman–Crippen MR) is 130 cm³/mol. The Morgan fingerprint density at radius 1 is 1.11 bits per heavy atom. The topological polar surface area (TPSA) is 236 Å². The van der Waals surface area contributed by atoms with Gasteiger partial charge in [0.2, 0.25) is 15.8 Å². The summed E-state index contributed by atoms with van der Waals surface area (Å²) < 4.78 is 53.3. The van der Waals surface area contributed by atoms with Gasteiger partial charge in [-0.25, -0.2) is 27.0 Å². The van der Waals surface area contributed by atoms with Gasteiger partial charge in [0.05, 0.1) is 33.9 Å². The Bertz CT molecular complexity index is 1660. The fraction of sp³-hybridized carbons (Fsp3) is 0.300. The van der Waals surface area contributed by atoms with Crippen molar-refractivity contribution in [1.82, 2.24) is 35.9 Å². The van der Waals surface area contributed by atoms with Crippen LogP contribution in [-0.2, 0) is 19.9 Å². The molecule has 36 heavy (non-hydrogen) atoms. The van der Waals surface area contributed by atoms with E-state index in [0.717, 1.165) is 0 Å². The number of tetrazole rings is 1. The number of nitrogens with zero attached hydrogens (tertiary/aromatic N) is 4. The number of anilines is 1. The number of imidazole rings is 1. The smallest absolute Gasteiger partial charge is 0.240 e. The molecule has 4 aromatic rings. The number of aromatic amines is 2. The molecule has 16 heteroatoms. The number of hydrogen-bond acceptors (Lipinski definition) is 11. The van der Waals surface area contributed by atoms with Crippen LogP contribution in [0.2, 0.25) is 0 Å². The number of nitrogens with two attached hydrogens (primary N) is 2. The number of aliphatic hydroxyl groups excluding tert-OH is 1. The number of benzene rings is 2. The highest BCUT2D eigenvalue weighted by molar-refractivity contribution is 7.93. The van der Waals surface area contributed by atoms with Gasteiger partial charge < -0.3 is 21.1 Å². The van der Waals surface area contributed by atoms with Crippen LogP contribution in [0.3, 0.4) is 0 Å². The van der Waals surface area contributed by atoms with Crippen molar-refractivity contribution in [2.75, 3.05) is 31.2 Å². The summed E-state index contributed by atoms with van der Waals surface area (Å²) >= 11 is 0. The van der Waals surface area contributed by atoms with Crippen molar-refractivity contribution in [3.05, 3.63) is 30.3 Å². The van der Waals surface area contributed by atoms with E-state index in [1.165, 1.54) is 12.1 Å². The minimum absolute atomic E-state index is 0.143. The van der Waals surface area contributed by atoms with Crippen LogP contribution in [0.25, 0.3) is 33.5 Å². The van der Waals surface area contributed by atoms with Gasteiger partial charge in [-0.05, 0) is 35.9 Å². The summed E-state index contributed by atoms with van der Waals surface area (Å²) in [7, 11) is -8.91. The second-order valence-electron chi connectivity index (χ2n) is 8.76. The molecule has 2 aromatic heterocycles. The standard InChI is InChI=1S/C20H23N9O5S2/c21-19-24-13-3-1-2-12(16(13)25-19)11-4-5-14(35(31,32)10-20(9-30)6-7-23-8-20)17(36(22,33)34)15(11)18-26-28-29-27-18/h1-5,23,30H,6-10H2,(H3,21,24,25)(H2,22,33,34)(H,26,27,28,29)/t20-/m0/s1. The maximum atomic E-state index is 13.6. The van der Waals surface area contributed by atoms with E-state index in [1.807, 2.05) is 0 Å². The molecule has 2 aromatic carbocycles. The third kappa shape index (κ3) is 4.11. The predicted octanol–water partition coefficient (Wildman–Crippen LogP) is -0.615. The molecule has 0 radical (unpaired) electrons. The zero-order valence-corrected chi connectivity index (χ0v) is 20.4. The van der Waals surface area contributed by atoms with Gasteiger partial charge in [-0.1, -0.05) is 18.2 Å². The SMILES string of the molecule is Nc1nc2c(-c3ccc(S(=O)(=O)C[C@@]4(CO)CCNC4)c(S(N)(=O)=O)c3-c3nn[nH]n3)cccc2[nH]1. The molecule has 3 heterocycles. The van der Waals surface area contributed by atoms with E-state index in [4.69, 9.17) is 10.9 Å². The van der Waals surface area contributed by atoms with Gasteiger partial charge >= 0.3 is 0 Å². The van der Waals surface area contributed by atoms with Crippen LogP contribution in [-0.4, -0.2) is 78.0 Å². The number of primary sulfonamides is 1. The second-order valence-corrected chi connectivity index (χ2v) is 12.2. The molecular formula is C20H23N9O5S2. The summed E-state index contributed by atoms with van der Waals surface area (Å²) in [4.78, 5) is 6.01. The van der Waals surface area contributed by atoms with E-state index in [9.17, 15) is 21.9 Å². The van der Waals surface area contributed by atoms with Crippen LogP contribution >= 0.6 is 0 Å². The number of nitrogens with one attached hydrogen (secondary N) is 3. The number of fused-ring (bicyclic) bond motifs is 1. The third-order valence-electron chi connectivity index (χ3n) is 6.30. The zero-order valence-electron chi connectivity index (χ0n) is 18.8. The van der Waals surface area contributed by atoms with Crippen molar-refractivity contribution in [2.45, 2.75) is 16.2 Å². The molecular weight excluding hydrogens is 510 g/mol. The Morgan fingerprint density at radius 2 is 1.92 bits per heavy atom. The number of aliphatic hydroxyl groups is 1. The Hall–Kier alpha value is -3.44. The number of hydrogen-bond donors (Lipinski definition) is 6. The van der Waals surface area contributed by atoms with Crippen LogP contribution < -0.4 is 16.2 Å². The van der Waals surface area contributed by atoms with Crippen molar-refractivity contribution < 1.29 is 21.9 Å². The number of para-hydroxylation sites is 1. The van der Waals surface area contributed by atoms with Crippen LogP contribution in [0.4, 0.5) is 5.95 Å². The minimum Gasteiger partial charge on any atom is -0.396 e. The maximum absolute atomic E-state index is 13.6. The van der Waals surface area contributed by atoms with Crippen LogP contribution in [0.1, 0.15) is 6.42 Å². The first-order chi connectivity index (χ1) is 17.0. The lowest BCUT2D eigenvalue weighted by Crippen LogP contribution is -2.36. The van der Waals surface area contributed by atoms with Crippen LogP contribution in [0.5, 0.6) is 0 Å². The van der Waals surface area contributed by atoms with Gasteiger partial charge in [-0.2, -0.15) is 5.21 Å². The summed E-state index contributed by atoms with van der Waals surface area (Å²) in [6.07, 6.45) is 0.409. The highest BCUT2D eigenvalue weighted by atomic mass is 32.2. The normalized spacial score (nSPS) is 18.7. The van der Waals surface area contributed by atoms with E-state index in [0.29, 0.717) is 29.6 Å². The average Bonchev–Trinajstić information content (AvgIpc) is 3.58. The fourth-order valence-corrected chi connectivity index (χ4v) is 8.18. The lowest BCUT2D eigenvalue weighted by Gasteiger charge is -2.26. The van der Waals surface area contributed by atoms with E-state index in [2.05, 4.69) is 35.9 Å². The number of aromatic nitrogens is 6. The molecule has 0 unspecified atom stereocenters. The summed E-state index contributed by atoms with van der Waals surface area (Å²) in [5, 5.41) is 32.2. The summed E-state index contributed by atoms with van der Waals surface area (Å²) in [6.45, 7) is 0.413. The largest absolute Gasteiger partial charge is 0.396 e. The zero-order chi connectivity index (χ0) is 25.7. The van der Waals surface area contributed by atoms with Gasteiger partial charge in [0.25, 0.3) is 0 Å². The molecule has 0 amide bonds. The van der Waals surface area contributed by atoms with Gasteiger partial charge in [0.1, 0.15) is 4.90 Å². The first kappa shape index (κ1) is 24.3. The third-order valence-corrected chi connectivity index (χ3v) is 9.42. The second kappa shape index (κ2) is 8.59. The maximum Gasteiger partial charge on any atom is 0.240 e. The number of sulfonamides is 1. The van der Waals surface area contributed by atoms with Crippen LogP contribution in [0, 0.1) is 5.41 Å². The molecule has 1 aliphatic heterocycles. The van der Waals surface area contributed by atoms with E-state index in [-0.39, 0.29) is 36.1 Å². The van der Waals surface area contributed by atoms with Gasteiger partial charge in [-0.3, -0.25) is 0 Å². The molecule has 190 valence electrons. The Balaban J connectivity index is 1.82. The molecule has 1 aliphatic rings. The van der Waals surface area contributed by atoms with Crippen molar-refractivity contribution in [3.63, 3.8) is 0 Å². The quantitative estimate of drug-likeness (QED) is 0.175. The van der Waals surface area contributed by atoms with E-state index >= 15 is 0 Å². The lowest BCUT2D eigenvalue weighted by molar-refractivity contribution is 0.163. The fourth-order valence-electron chi connectivity index (χ4n) is 4.65. The summed E-state index contributed by atoms with van der Waals surface area (Å²) in [5.74, 6) is -0.516. The molecule has 0 spiro atoms. The first-order valence-electron chi connectivity index (χ1n) is 10.8. The molecule has 0 bridgehead atoms. The lowest BCUT2D eigenvalue weighted by atomic mass is 9.91. The van der Waals surface area contributed by atoms with Crippen molar-refractivity contribution in [1.29, 1.82) is 0 Å². The minimum atomic E-state index is -4.64. The first-order valence-corrected chi connectivity index (χ1v) is 14.0. The molecule has 1 atom stereocenters. The van der Waals surface area contributed by atoms with E-state index < -0.39 is 40.8 Å². The molecule has 0 aliphatic carbocycles. The van der Waals surface area contributed by atoms with Crippen molar-refractivity contribution >= 4 is 36.8 Å². The molecule has 8 N–H and O–H groups in total. The molecule has 1 saturated heterocycles. The molecule has 1 fully saturated rings. The Kier molecular flexibility index (Phi) is 5.79. The average molecular weight is 534 g/mol. The van der Waals surface area contributed by atoms with Gasteiger partial charge in [-0.15, -0.1) is 10.2 Å². The Labute approximate surface area is 205 Å².